The summed E-state index contributed by atoms with van der Waals surface area (Å²) in [4.78, 5) is 30.4. The summed E-state index contributed by atoms with van der Waals surface area (Å²) in [6, 6.07) is 3.27. The molecule has 1 aromatic rings. The quantitative estimate of drug-likeness (QED) is 0.854. The monoisotopic (exact) mass is 348 g/mol. The molecule has 1 saturated carbocycles. The maximum atomic E-state index is 12.4. The van der Waals surface area contributed by atoms with Crippen molar-refractivity contribution in [3.8, 4) is 0 Å². The smallest absolute Gasteiger partial charge is 0.253 e. The molecule has 3 N–H and O–H groups in total. The molecule has 0 aromatic carbocycles. The highest BCUT2D eigenvalue weighted by Gasteiger charge is 2.33. The van der Waals surface area contributed by atoms with E-state index >= 15 is 0 Å². The largest absolute Gasteiger partial charge is 0.349 e. The first kappa shape index (κ1) is 17.2. The second kappa shape index (κ2) is 7.98. The van der Waals surface area contributed by atoms with Crippen LogP contribution in [0.2, 0.25) is 0 Å². The molecule has 1 atom stereocenters. The van der Waals surface area contributed by atoms with Gasteiger partial charge in [-0.05, 0) is 43.7 Å². The number of nitrogens with one attached hydrogen (secondary N) is 1. The van der Waals surface area contributed by atoms with E-state index in [1.165, 1.54) is 0 Å². The lowest BCUT2D eigenvalue weighted by atomic mass is 9.81. The van der Waals surface area contributed by atoms with Crippen LogP contribution >= 0.6 is 11.8 Å². The molecule has 1 aromatic heterocycles. The lowest BCUT2D eigenvalue weighted by molar-refractivity contribution is -0.132. The van der Waals surface area contributed by atoms with Crippen LogP contribution in [-0.4, -0.2) is 52.0 Å². The third-order valence-electron chi connectivity index (χ3n) is 4.89. The molecule has 1 aliphatic heterocycles. The Morgan fingerprint density at radius 1 is 1.33 bits per heavy atom. The molecule has 1 unspecified atom stereocenters. The summed E-state index contributed by atoms with van der Waals surface area (Å²) < 4.78 is 0. The highest BCUT2D eigenvalue weighted by atomic mass is 32.2. The molecule has 0 radical (unpaired) electrons. The minimum atomic E-state index is -0.404. The minimum absolute atomic E-state index is 0.0824. The standard InChI is InChI=1S/C17H24N4O2S/c18-15(17(23)21-8-9-24-11-21)12-3-5-14(6-4-12)20-16(22)13-2-1-7-19-10-13/h1-2,7,10,12,14-15H,3-6,8-9,11,18H2,(H,20,22). The van der Waals surface area contributed by atoms with Gasteiger partial charge in [0.05, 0.1) is 17.5 Å². The summed E-state index contributed by atoms with van der Waals surface area (Å²) in [5, 5.41) is 3.06. The molecule has 0 bridgehead atoms. The highest BCUT2D eigenvalue weighted by Crippen LogP contribution is 2.28. The summed E-state index contributed by atoms with van der Waals surface area (Å²) in [7, 11) is 0. The lowest BCUT2D eigenvalue weighted by Gasteiger charge is -2.33. The summed E-state index contributed by atoms with van der Waals surface area (Å²) >= 11 is 1.78. The highest BCUT2D eigenvalue weighted by molar-refractivity contribution is 7.99. The number of aromatic nitrogens is 1. The van der Waals surface area contributed by atoms with E-state index in [2.05, 4.69) is 10.3 Å². The topological polar surface area (TPSA) is 88.3 Å². The molecule has 24 heavy (non-hydrogen) atoms. The van der Waals surface area contributed by atoms with Gasteiger partial charge >= 0.3 is 0 Å². The van der Waals surface area contributed by atoms with Crippen LogP contribution in [0.4, 0.5) is 0 Å². The number of hydrogen-bond donors (Lipinski definition) is 2. The number of carbonyl (C=O) groups excluding carboxylic acids is 2. The van der Waals surface area contributed by atoms with E-state index in [9.17, 15) is 9.59 Å². The zero-order valence-electron chi connectivity index (χ0n) is 13.7. The van der Waals surface area contributed by atoms with Gasteiger partial charge in [-0.2, -0.15) is 0 Å². The molecule has 6 nitrogen and oxygen atoms in total. The SMILES string of the molecule is NC(C(=O)N1CCSC1)C1CCC(NC(=O)c2cccnc2)CC1. The summed E-state index contributed by atoms with van der Waals surface area (Å²) in [5.41, 5.74) is 6.79. The van der Waals surface area contributed by atoms with Crippen molar-refractivity contribution in [2.24, 2.45) is 11.7 Å². The fourth-order valence-electron chi connectivity index (χ4n) is 3.39. The molecular weight excluding hydrogens is 324 g/mol. The summed E-state index contributed by atoms with van der Waals surface area (Å²) in [5.74, 6) is 1.99. The third-order valence-corrected chi connectivity index (χ3v) is 5.85. The lowest BCUT2D eigenvalue weighted by Crippen LogP contribution is -2.49. The van der Waals surface area contributed by atoms with Crippen molar-refractivity contribution in [1.82, 2.24) is 15.2 Å². The van der Waals surface area contributed by atoms with Gasteiger partial charge in [-0.15, -0.1) is 11.8 Å². The van der Waals surface area contributed by atoms with E-state index in [4.69, 9.17) is 5.73 Å². The molecule has 2 fully saturated rings. The van der Waals surface area contributed by atoms with Gasteiger partial charge < -0.3 is 16.0 Å². The minimum Gasteiger partial charge on any atom is -0.349 e. The van der Waals surface area contributed by atoms with Crippen LogP contribution in [0.5, 0.6) is 0 Å². The second-order valence-electron chi connectivity index (χ2n) is 6.49. The molecule has 2 amide bonds. The molecule has 3 rings (SSSR count). The maximum absolute atomic E-state index is 12.4. The van der Waals surface area contributed by atoms with E-state index < -0.39 is 6.04 Å². The summed E-state index contributed by atoms with van der Waals surface area (Å²) in [6.07, 6.45) is 6.72. The van der Waals surface area contributed by atoms with Gasteiger partial charge in [-0.25, -0.2) is 0 Å². The number of thioether (sulfide) groups is 1. The first-order valence-electron chi connectivity index (χ1n) is 8.48. The Kier molecular flexibility index (Phi) is 5.73. The molecule has 1 aliphatic carbocycles. The van der Waals surface area contributed by atoms with Crippen LogP contribution in [0, 0.1) is 5.92 Å². The molecular formula is C17H24N4O2S. The van der Waals surface area contributed by atoms with Crippen molar-refractivity contribution in [2.75, 3.05) is 18.2 Å². The Hall–Kier alpha value is -1.60. The Morgan fingerprint density at radius 3 is 2.75 bits per heavy atom. The van der Waals surface area contributed by atoms with Gasteiger partial charge in [0.15, 0.2) is 0 Å². The van der Waals surface area contributed by atoms with Gasteiger partial charge in [0, 0.05) is 30.7 Å². The maximum Gasteiger partial charge on any atom is 0.253 e. The Morgan fingerprint density at radius 2 is 2.12 bits per heavy atom. The Bertz CT molecular complexity index is 569. The molecule has 130 valence electrons. The van der Waals surface area contributed by atoms with E-state index in [-0.39, 0.29) is 23.8 Å². The fraction of sp³-hybridized carbons (Fsp3) is 0.588. The van der Waals surface area contributed by atoms with E-state index in [0.29, 0.717) is 5.56 Å². The number of nitrogens with two attached hydrogens (primary N) is 1. The normalized spacial score (nSPS) is 25.3. The number of nitrogens with zero attached hydrogens (tertiary/aromatic N) is 2. The van der Waals surface area contributed by atoms with Crippen molar-refractivity contribution in [3.05, 3.63) is 30.1 Å². The van der Waals surface area contributed by atoms with Crippen LogP contribution in [-0.2, 0) is 4.79 Å². The van der Waals surface area contributed by atoms with Gasteiger partial charge in [0.1, 0.15) is 0 Å². The number of pyridine rings is 1. The zero-order valence-corrected chi connectivity index (χ0v) is 14.5. The van der Waals surface area contributed by atoms with Crippen LogP contribution in [0.3, 0.4) is 0 Å². The molecule has 2 aliphatic rings. The average molecular weight is 348 g/mol. The number of carbonyl (C=O) groups is 2. The first-order chi connectivity index (χ1) is 11.6. The number of rotatable bonds is 4. The zero-order chi connectivity index (χ0) is 16.9. The predicted molar refractivity (Wildman–Crippen MR) is 94.5 cm³/mol. The van der Waals surface area contributed by atoms with Crippen molar-refractivity contribution in [1.29, 1.82) is 0 Å². The van der Waals surface area contributed by atoms with Crippen molar-refractivity contribution < 1.29 is 9.59 Å². The molecule has 0 spiro atoms. The van der Waals surface area contributed by atoms with Crippen LogP contribution < -0.4 is 11.1 Å². The van der Waals surface area contributed by atoms with E-state index in [1.54, 1.807) is 36.3 Å². The average Bonchev–Trinajstić information content (AvgIpc) is 3.16. The third kappa shape index (κ3) is 4.08. The predicted octanol–water partition coefficient (Wildman–Crippen LogP) is 1.23. The van der Waals surface area contributed by atoms with Crippen LogP contribution in [0.25, 0.3) is 0 Å². The van der Waals surface area contributed by atoms with E-state index in [1.807, 2.05) is 4.90 Å². The van der Waals surface area contributed by atoms with Crippen LogP contribution in [0.15, 0.2) is 24.5 Å². The van der Waals surface area contributed by atoms with Crippen molar-refractivity contribution >= 4 is 23.6 Å². The van der Waals surface area contributed by atoms with E-state index in [0.717, 1.165) is 43.9 Å². The van der Waals surface area contributed by atoms with Gasteiger partial charge in [-0.3, -0.25) is 14.6 Å². The number of hydrogen-bond acceptors (Lipinski definition) is 5. The van der Waals surface area contributed by atoms with Gasteiger partial charge in [0.2, 0.25) is 5.91 Å². The fourth-order valence-corrected chi connectivity index (χ4v) is 4.34. The van der Waals surface area contributed by atoms with Crippen LogP contribution in [0.1, 0.15) is 36.0 Å². The van der Waals surface area contributed by atoms with Crippen molar-refractivity contribution in [3.63, 3.8) is 0 Å². The van der Waals surface area contributed by atoms with Gasteiger partial charge in [0.25, 0.3) is 5.91 Å². The number of amides is 2. The summed E-state index contributed by atoms with van der Waals surface area (Å²) in [6.45, 7) is 0.813. The Balaban J connectivity index is 1.47. The first-order valence-corrected chi connectivity index (χ1v) is 9.63. The van der Waals surface area contributed by atoms with Crippen molar-refractivity contribution in [2.45, 2.75) is 37.8 Å². The Labute approximate surface area is 146 Å². The van der Waals surface area contributed by atoms with Gasteiger partial charge in [-0.1, -0.05) is 0 Å². The molecule has 7 heteroatoms. The molecule has 1 saturated heterocycles. The molecule has 2 heterocycles. The second-order valence-corrected chi connectivity index (χ2v) is 7.57.